The third kappa shape index (κ3) is 3.19. The summed E-state index contributed by atoms with van der Waals surface area (Å²) in [6.45, 7) is 4.75. The number of rotatable bonds is 4. The monoisotopic (exact) mass is 283 g/mol. The van der Waals surface area contributed by atoms with Gasteiger partial charge in [-0.3, -0.25) is 0 Å². The van der Waals surface area contributed by atoms with E-state index in [1.54, 1.807) is 0 Å². The molecule has 1 heterocycles. The molecule has 21 heavy (non-hydrogen) atoms. The Kier molecular flexibility index (Phi) is 4.11. The summed E-state index contributed by atoms with van der Waals surface area (Å²) < 4.78 is 11.6. The second-order valence-corrected chi connectivity index (χ2v) is 5.34. The summed E-state index contributed by atoms with van der Waals surface area (Å²) in [7, 11) is 0. The van der Waals surface area contributed by atoms with E-state index < -0.39 is 0 Å². The van der Waals surface area contributed by atoms with Crippen molar-refractivity contribution in [2.24, 2.45) is 0 Å². The zero-order chi connectivity index (χ0) is 14.7. The zero-order valence-electron chi connectivity index (χ0n) is 12.5. The van der Waals surface area contributed by atoms with Crippen LogP contribution < -0.4 is 10.1 Å². The molecular formula is C18H21NO2. The average molecular weight is 283 g/mol. The lowest BCUT2D eigenvalue weighted by Gasteiger charge is -2.32. The Labute approximate surface area is 125 Å². The number of hydrogen-bond acceptors (Lipinski definition) is 3. The number of aryl methyl sites for hydroxylation is 1. The van der Waals surface area contributed by atoms with Crippen LogP contribution in [-0.4, -0.2) is 12.9 Å². The van der Waals surface area contributed by atoms with Gasteiger partial charge in [0.2, 0.25) is 6.29 Å². The summed E-state index contributed by atoms with van der Waals surface area (Å²) in [6.07, 6.45) is 0.617. The minimum absolute atomic E-state index is 0.187. The lowest BCUT2D eigenvalue weighted by molar-refractivity contribution is -0.0900. The summed E-state index contributed by atoms with van der Waals surface area (Å²) in [5.74, 6) is 0.909. The molecule has 0 saturated carbocycles. The number of hydrogen-bond donors (Lipinski definition) is 1. The molecule has 0 fully saturated rings. The molecule has 2 aromatic carbocycles. The second-order valence-electron chi connectivity index (χ2n) is 5.34. The van der Waals surface area contributed by atoms with Crippen molar-refractivity contribution in [1.29, 1.82) is 0 Å². The first-order valence-electron chi connectivity index (χ1n) is 7.46. The molecule has 2 aromatic rings. The van der Waals surface area contributed by atoms with Gasteiger partial charge in [0, 0.05) is 24.3 Å². The first-order valence-corrected chi connectivity index (χ1v) is 7.46. The highest BCUT2D eigenvalue weighted by atomic mass is 16.7. The Bertz CT molecular complexity index is 594. The smallest absolute Gasteiger partial charge is 0.202 e. The third-order valence-electron chi connectivity index (χ3n) is 3.73. The van der Waals surface area contributed by atoms with Crippen LogP contribution in [0.4, 0.5) is 5.69 Å². The quantitative estimate of drug-likeness (QED) is 0.907. The Morgan fingerprint density at radius 1 is 1.14 bits per heavy atom. The molecule has 2 atom stereocenters. The predicted molar refractivity (Wildman–Crippen MR) is 84.6 cm³/mol. The number of benzene rings is 2. The lowest BCUT2D eigenvalue weighted by atomic mass is 9.99. The molecule has 0 unspecified atom stereocenters. The van der Waals surface area contributed by atoms with Crippen molar-refractivity contribution in [2.75, 3.05) is 11.9 Å². The Hall–Kier alpha value is -2.00. The van der Waals surface area contributed by atoms with E-state index in [1.807, 2.05) is 25.1 Å². The van der Waals surface area contributed by atoms with Gasteiger partial charge in [-0.1, -0.05) is 35.9 Å². The van der Waals surface area contributed by atoms with Gasteiger partial charge in [-0.2, -0.15) is 0 Å². The molecule has 110 valence electrons. The first kappa shape index (κ1) is 14.0. The molecule has 1 aliphatic rings. The maximum Gasteiger partial charge on any atom is 0.202 e. The van der Waals surface area contributed by atoms with Crippen LogP contribution >= 0.6 is 0 Å². The molecule has 1 aliphatic heterocycles. The summed E-state index contributed by atoms with van der Waals surface area (Å²) >= 11 is 0. The molecule has 0 spiro atoms. The molecular weight excluding hydrogens is 262 g/mol. The Morgan fingerprint density at radius 3 is 2.67 bits per heavy atom. The first-order chi connectivity index (χ1) is 10.3. The van der Waals surface area contributed by atoms with E-state index in [9.17, 15) is 0 Å². The van der Waals surface area contributed by atoms with Crippen molar-refractivity contribution in [3.63, 3.8) is 0 Å². The van der Waals surface area contributed by atoms with Crippen LogP contribution in [0.15, 0.2) is 48.5 Å². The van der Waals surface area contributed by atoms with Gasteiger partial charge in [-0.05, 0) is 32.0 Å². The van der Waals surface area contributed by atoms with Crippen molar-refractivity contribution in [3.05, 3.63) is 59.7 Å². The highest BCUT2D eigenvalue weighted by Gasteiger charge is 2.28. The highest BCUT2D eigenvalue weighted by molar-refractivity contribution is 5.49. The predicted octanol–water partition coefficient (Wildman–Crippen LogP) is 4.29. The number of fused-ring (bicyclic) bond motifs is 1. The summed E-state index contributed by atoms with van der Waals surface area (Å²) in [4.78, 5) is 0. The molecule has 0 aromatic heterocycles. The fraction of sp³-hybridized carbons (Fsp3) is 0.333. The van der Waals surface area contributed by atoms with E-state index >= 15 is 0 Å². The molecule has 0 amide bonds. The van der Waals surface area contributed by atoms with E-state index in [1.165, 1.54) is 11.1 Å². The fourth-order valence-electron chi connectivity index (χ4n) is 2.66. The minimum Gasteiger partial charge on any atom is -0.464 e. The van der Waals surface area contributed by atoms with Crippen LogP contribution in [0.5, 0.6) is 5.75 Å². The highest BCUT2D eigenvalue weighted by Crippen LogP contribution is 2.37. The van der Waals surface area contributed by atoms with Crippen LogP contribution in [0.2, 0.25) is 0 Å². The van der Waals surface area contributed by atoms with Gasteiger partial charge in [0.1, 0.15) is 5.75 Å². The molecule has 0 radical (unpaired) electrons. The number of nitrogens with one attached hydrogen (secondary N) is 1. The van der Waals surface area contributed by atoms with E-state index in [4.69, 9.17) is 9.47 Å². The standard InChI is InChI=1S/C18H21NO2/c1-3-20-18-12-16(15-6-4-5-7-17(15)21-18)19-14-10-8-13(2)9-11-14/h4-11,16,18-19H,3,12H2,1-2H3/t16-,18+/m1/s1. The maximum absolute atomic E-state index is 5.90. The summed E-state index contributed by atoms with van der Waals surface area (Å²) in [6, 6.07) is 16.8. The summed E-state index contributed by atoms with van der Waals surface area (Å²) in [5.41, 5.74) is 3.58. The molecule has 0 aliphatic carbocycles. The minimum atomic E-state index is -0.187. The number of para-hydroxylation sites is 1. The normalized spacial score (nSPS) is 20.5. The maximum atomic E-state index is 5.90. The van der Waals surface area contributed by atoms with E-state index in [0.717, 1.165) is 17.9 Å². The topological polar surface area (TPSA) is 30.5 Å². The third-order valence-corrected chi connectivity index (χ3v) is 3.73. The molecule has 0 saturated heterocycles. The van der Waals surface area contributed by atoms with Crippen molar-refractivity contribution in [1.82, 2.24) is 0 Å². The van der Waals surface area contributed by atoms with Crippen LogP contribution in [0.1, 0.15) is 30.5 Å². The van der Waals surface area contributed by atoms with Crippen molar-refractivity contribution in [3.8, 4) is 5.75 Å². The van der Waals surface area contributed by atoms with Gasteiger partial charge in [0.25, 0.3) is 0 Å². The molecule has 0 bridgehead atoms. The van der Waals surface area contributed by atoms with Gasteiger partial charge in [-0.15, -0.1) is 0 Å². The van der Waals surface area contributed by atoms with Gasteiger partial charge in [-0.25, -0.2) is 0 Å². The van der Waals surface area contributed by atoms with Crippen LogP contribution in [0.25, 0.3) is 0 Å². The second kappa shape index (κ2) is 6.19. The molecule has 1 N–H and O–H groups in total. The van der Waals surface area contributed by atoms with E-state index in [-0.39, 0.29) is 12.3 Å². The van der Waals surface area contributed by atoms with Gasteiger partial charge < -0.3 is 14.8 Å². The summed E-state index contributed by atoms with van der Waals surface area (Å²) in [5, 5.41) is 3.59. The van der Waals surface area contributed by atoms with Crippen LogP contribution in [0, 0.1) is 6.92 Å². The zero-order valence-corrected chi connectivity index (χ0v) is 12.5. The molecule has 3 heteroatoms. The van der Waals surface area contributed by atoms with Crippen molar-refractivity contribution < 1.29 is 9.47 Å². The van der Waals surface area contributed by atoms with E-state index in [0.29, 0.717) is 6.61 Å². The lowest BCUT2D eigenvalue weighted by Crippen LogP contribution is -2.31. The Morgan fingerprint density at radius 2 is 1.90 bits per heavy atom. The van der Waals surface area contributed by atoms with E-state index in [2.05, 4.69) is 42.6 Å². The van der Waals surface area contributed by atoms with Crippen LogP contribution in [-0.2, 0) is 4.74 Å². The largest absolute Gasteiger partial charge is 0.464 e. The van der Waals surface area contributed by atoms with Gasteiger partial charge in [0.15, 0.2) is 0 Å². The number of anilines is 1. The molecule has 3 rings (SSSR count). The van der Waals surface area contributed by atoms with Gasteiger partial charge in [0.05, 0.1) is 6.04 Å². The van der Waals surface area contributed by atoms with Crippen LogP contribution in [0.3, 0.4) is 0 Å². The van der Waals surface area contributed by atoms with Crippen molar-refractivity contribution in [2.45, 2.75) is 32.6 Å². The van der Waals surface area contributed by atoms with Gasteiger partial charge >= 0.3 is 0 Å². The average Bonchev–Trinajstić information content (AvgIpc) is 2.50. The molecule has 3 nitrogen and oxygen atoms in total. The number of ether oxygens (including phenoxy) is 2. The Balaban J connectivity index is 1.84. The van der Waals surface area contributed by atoms with Crippen molar-refractivity contribution >= 4 is 5.69 Å². The SMILES string of the molecule is CCO[C@@H]1C[C@@H](Nc2ccc(C)cc2)c2ccccc2O1. The fourth-order valence-corrected chi connectivity index (χ4v) is 2.66.